The van der Waals surface area contributed by atoms with E-state index in [0.29, 0.717) is 12.0 Å². The average Bonchev–Trinajstić information content (AvgIpc) is 2.89. The molecule has 0 amide bonds. The molecule has 4 unspecified atom stereocenters. The van der Waals surface area contributed by atoms with E-state index >= 15 is 4.39 Å². The number of phosphoric ester groups is 1. The minimum atomic E-state index is -4.97. The quantitative estimate of drug-likeness (QED) is 0.279. The predicted octanol–water partition coefficient (Wildman–Crippen LogP) is -5.24. The van der Waals surface area contributed by atoms with Gasteiger partial charge < -0.3 is 20.0 Å². The molecule has 0 spiro atoms. The Kier molecular flexibility index (Phi) is 8.96. The third-order valence-electron chi connectivity index (χ3n) is 8.93. The second-order valence-corrected chi connectivity index (χ2v) is 11.5. The Balaban J connectivity index is 0.00000204. The number of phosphoric acid groups is 1. The number of rotatable bonds is 4. The Morgan fingerprint density at radius 2 is 1.91 bits per heavy atom. The van der Waals surface area contributed by atoms with Crippen molar-refractivity contribution in [2.45, 2.75) is 63.8 Å². The summed E-state index contributed by atoms with van der Waals surface area (Å²) >= 11 is 0. The Morgan fingerprint density at radius 1 is 1.29 bits per heavy atom. The number of hydrogen-bond acceptors (Lipinski definition) is 6. The minimum absolute atomic E-state index is 0. The van der Waals surface area contributed by atoms with Gasteiger partial charge in [-0.1, -0.05) is 38.0 Å². The van der Waals surface area contributed by atoms with Gasteiger partial charge in [-0.2, -0.15) is 0 Å². The van der Waals surface area contributed by atoms with Crippen molar-refractivity contribution in [1.29, 1.82) is 0 Å². The molecule has 4 aliphatic rings. The maximum Gasteiger partial charge on any atom is 1.00 e. The van der Waals surface area contributed by atoms with Crippen LogP contribution in [0.25, 0.3) is 0 Å². The van der Waals surface area contributed by atoms with E-state index in [4.69, 9.17) is 9.79 Å². The standard InChI is InChI=1S/C22H28FO8P.2Na/c1-12-8-16-15-5-4-13-9-14(24)6-7-19(13,2)21(15,23)17(25)10-20(16,3)22(12,27)18(26)11-31-32(28,29)30;;/h6-7,9,12,15-17H,4-5,8,10-11H2,1-3H3,(H2,28,29,30);;/q-2;2*+1/t12?,15?,16?,17-,19-,20-,21?,22-;;/m0../s1. The molecule has 8 nitrogen and oxygen atoms in total. The van der Waals surface area contributed by atoms with Crippen molar-refractivity contribution in [3.05, 3.63) is 23.8 Å². The first-order valence-corrected chi connectivity index (χ1v) is 12.4. The van der Waals surface area contributed by atoms with E-state index in [1.54, 1.807) is 20.8 Å². The zero-order valence-corrected chi connectivity index (χ0v) is 25.1. The summed E-state index contributed by atoms with van der Waals surface area (Å²) in [7, 11) is -4.97. The number of fused-ring (bicyclic) bond motifs is 5. The van der Waals surface area contributed by atoms with Gasteiger partial charge >= 0.3 is 66.9 Å². The van der Waals surface area contributed by atoms with Gasteiger partial charge in [0.1, 0.15) is 18.1 Å². The molecule has 3 fully saturated rings. The van der Waals surface area contributed by atoms with Gasteiger partial charge in [0, 0.05) is 5.41 Å². The van der Waals surface area contributed by atoms with Gasteiger partial charge in [0.15, 0.2) is 5.78 Å². The summed E-state index contributed by atoms with van der Waals surface area (Å²) in [5, 5.41) is 27.6. The molecule has 0 bridgehead atoms. The van der Waals surface area contributed by atoms with Crippen LogP contribution in [0.1, 0.15) is 46.5 Å². The monoisotopic (exact) mass is 516 g/mol. The van der Waals surface area contributed by atoms with Crippen LogP contribution in [0, 0.1) is 28.6 Å². The summed E-state index contributed by atoms with van der Waals surface area (Å²) in [4.78, 5) is 42.7. The van der Waals surface area contributed by atoms with E-state index in [1.807, 2.05) is 0 Å². The van der Waals surface area contributed by atoms with Crippen LogP contribution in [0.3, 0.4) is 0 Å². The molecule has 0 saturated heterocycles. The van der Waals surface area contributed by atoms with Gasteiger partial charge in [0.2, 0.25) is 0 Å². The molecule has 8 atom stereocenters. The van der Waals surface area contributed by atoms with E-state index in [-0.39, 0.29) is 84.2 Å². The SMILES string of the molecule is CC1CC2C3CCC4=CC(=O)C=C[C@]4(C)C3(F)[C@@H]([O-])C[C@]2(C)[C@@]1([O-])C(=O)COP(=O)(O)O.[Na+].[Na+]. The molecule has 0 aromatic heterocycles. The number of allylic oxidation sites excluding steroid dienone is 4. The summed E-state index contributed by atoms with van der Waals surface area (Å²) in [6.07, 6.45) is 2.89. The van der Waals surface area contributed by atoms with Gasteiger partial charge in [0.05, 0.1) is 0 Å². The Labute approximate surface area is 242 Å². The number of hydrogen-bond donors (Lipinski definition) is 2. The predicted molar refractivity (Wildman–Crippen MR) is 106 cm³/mol. The van der Waals surface area contributed by atoms with Crippen LogP contribution in [0.4, 0.5) is 4.39 Å². The van der Waals surface area contributed by atoms with Gasteiger partial charge in [-0.05, 0) is 67.1 Å². The van der Waals surface area contributed by atoms with Gasteiger partial charge in [-0.25, -0.2) is 8.96 Å². The fraction of sp³-hybridized carbons (Fsp3) is 0.727. The van der Waals surface area contributed by atoms with Crippen molar-refractivity contribution in [3.63, 3.8) is 0 Å². The molecule has 178 valence electrons. The molecule has 4 rings (SSSR count). The molecule has 4 aliphatic carbocycles. The molecule has 0 aliphatic heterocycles. The molecule has 0 radical (unpaired) electrons. The van der Waals surface area contributed by atoms with Crippen LogP contribution in [0.2, 0.25) is 0 Å². The molecule has 12 heteroatoms. The molecule has 0 aromatic rings. The maximum absolute atomic E-state index is 16.9. The summed E-state index contributed by atoms with van der Waals surface area (Å²) in [6, 6.07) is 0. The first-order chi connectivity index (χ1) is 14.6. The molecule has 0 heterocycles. The Bertz CT molecular complexity index is 984. The van der Waals surface area contributed by atoms with Crippen LogP contribution in [-0.4, -0.2) is 45.3 Å². The minimum Gasteiger partial charge on any atom is -0.850 e. The maximum atomic E-state index is 16.9. The zero-order chi connectivity index (χ0) is 23.9. The summed E-state index contributed by atoms with van der Waals surface area (Å²) < 4.78 is 32.3. The van der Waals surface area contributed by atoms with Crippen molar-refractivity contribution in [3.8, 4) is 0 Å². The molecular formula is C22H28FNa2O8P. The van der Waals surface area contributed by atoms with Crippen molar-refractivity contribution < 1.29 is 102 Å². The molecule has 2 N–H and O–H groups in total. The number of alkyl halides is 1. The molecule has 0 aromatic carbocycles. The summed E-state index contributed by atoms with van der Waals surface area (Å²) in [6.45, 7) is 3.68. The van der Waals surface area contributed by atoms with Gasteiger partial charge in [0.25, 0.3) is 0 Å². The van der Waals surface area contributed by atoms with E-state index < -0.39 is 66.2 Å². The number of carbonyl (C=O) groups excluding carboxylic acids is 2. The topological polar surface area (TPSA) is 147 Å². The van der Waals surface area contributed by atoms with Crippen molar-refractivity contribution in [1.82, 2.24) is 0 Å². The largest absolute Gasteiger partial charge is 1.00 e. The number of halogens is 1. The smallest absolute Gasteiger partial charge is 0.850 e. The van der Waals surface area contributed by atoms with Crippen LogP contribution in [-0.2, 0) is 18.7 Å². The van der Waals surface area contributed by atoms with Gasteiger partial charge in [-0.3, -0.25) is 14.1 Å². The van der Waals surface area contributed by atoms with Crippen LogP contribution in [0.15, 0.2) is 23.8 Å². The van der Waals surface area contributed by atoms with Crippen molar-refractivity contribution in [2.24, 2.45) is 28.6 Å². The first kappa shape index (κ1) is 31.0. The van der Waals surface area contributed by atoms with Crippen LogP contribution < -0.4 is 69.3 Å². The molecule has 3 saturated carbocycles. The van der Waals surface area contributed by atoms with E-state index in [0.717, 1.165) is 0 Å². The third-order valence-corrected chi connectivity index (χ3v) is 9.40. The Hall–Kier alpha value is 0.780. The fourth-order valence-corrected chi connectivity index (χ4v) is 7.62. The molecular weight excluding hydrogens is 488 g/mol. The average molecular weight is 516 g/mol. The van der Waals surface area contributed by atoms with Crippen LogP contribution >= 0.6 is 7.82 Å². The summed E-state index contributed by atoms with van der Waals surface area (Å²) in [5.41, 5.74) is -6.62. The van der Waals surface area contributed by atoms with Crippen molar-refractivity contribution in [2.75, 3.05) is 6.61 Å². The van der Waals surface area contributed by atoms with E-state index in [1.165, 1.54) is 18.2 Å². The number of Topliss-reactive ketones (excluding diaryl/α,β-unsaturated/α-hetero) is 1. The number of ketones is 2. The van der Waals surface area contributed by atoms with Crippen molar-refractivity contribution >= 4 is 19.4 Å². The second kappa shape index (κ2) is 9.83. The normalized spacial score (nSPS) is 45.2. The second-order valence-electron chi connectivity index (χ2n) is 10.3. The van der Waals surface area contributed by atoms with E-state index in [2.05, 4.69) is 4.52 Å². The van der Waals surface area contributed by atoms with Gasteiger partial charge in [-0.15, -0.1) is 0 Å². The zero-order valence-electron chi connectivity index (χ0n) is 20.2. The van der Waals surface area contributed by atoms with Crippen LogP contribution in [0.5, 0.6) is 0 Å². The number of carbonyl (C=O) groups is 2. The molecule has 34 heavy (non-hydrogen) atoms. The van der Waals surface area contributed by atoms with E-state index in [9.17, 15) is 24.4 Å². The summed E-state index contributed by atoms with van der Waals surface area (Å²) in [5.74, 6) is -3.38. The first-order valence-electron chi connectivity index (χ1n) is 10.8. The third kappa shape index (κ3) is 4.20. The fourth-order valence-electron chi connectivity index (χ4n) is 7.34. The Morgan fingerprint density at radius 3 is 2.50 bits per heavy atom.